The van der Waals surface area contributed by atoms with E-state index in [-0.39, 0.29) is 23.5 Å². The molecule has 21 heavy (non-hydrogen) atoms. The third-order valence-corrected chi connectivity index (χ3v) is 4.18. The Kier molecular flexibility index (Phi) is 4.72. The molecule has 1 heterocycles. The molecule has 1 amide bonds. The van der Waals surface area contributed by atoms with Crippen LogP contribution in [0.1, 0.15) is 58.3 Å². The molecule has 3 nitrogen and oxygen atoms in total. The summed E-state index contributed by atoms with van der Waals surface area (Å²) in [6.07, 6.45) is 2.07. The maximum absolute atomic E-state index is 12.4. The van der Waals surface area contributed by atoms with Gasteiger partial charge in [-0.1, -0.05) is 52.0 Å². The fourth-order valence-electron chi connectivity index (χ4n) is 2.68. The molecule has 2 rings (SSSR count). The highest BCUT2D eigenvalue weighted by Gasteiger charge is 2.37. The largest absolute Gasteiger partial charge is 0.322 e. The molecule has 2 atom stereocenters. The summed E-state index contributed by atoms with van der Waals surface area (Å²) < 4.78 is 0. The summed E-state index contributed by atoms with van der Waals surface area (Å²) in [6.45, 7) is 11.6. The Hall–Kier alpha value is -1.35. The molecule has 1 aromatic carbocycles. The zero-order valence-corrected chi connectivity index (χ0v) is 13.9. The van der Waals surface area contributed by atoms with Gasteiger partial charge in [0.25, 0.3) is 0 Å². The second-order valence-corrected chi connectivity index (χ2v) is 7.23. The lowest BCUT2D eigenvalue weighted by atomic mass is 9.92. The predicted molar refractivity (Wildman–Crippen MR) is 86.9 cm³/mol. The van der Waals surface area contributed by atoms with E-state index in [4.69, 9.17) is 0 Å². The second-order valence-electron chi connectivity index (χ2n) is 7.23. The van der Waals surface area contributed by atoms with Crippen molar-refractivity contribution in [3.8, 4) is 0 Å². The Morgan fingerprint density at radius 1 is 1.19 bits per heavy atom. The van der Waals surface area contributed by atoms with Crippen molar-refractivity contribution in [2.75, 3.05) is 6.54 Å². The lowest BCUT2D eigenvalue weighted by Crippen LogP contribution is -2.33. The van der Waals surface area contributed by atoms with Gasteiger partial charge in [-0.25, -0.2) is 0 Å². The van der Waals surface area contributed by atoms with Gasteiger partial charge in [-0.05, 0) is 36.3 Å². The molecule has 116 valence electrons. The minimum absolute atomic E-state index is 0.0146. The number of nitrogens with zero attached hydrogens (tertiary/aromatic N) is 1. The van der Waals surface area contributed by atoms with E-state index in [1.165, 1.54) is 11.1 Å². The first-order valence-electron chi connectivity index (χ1n) is 7.97. The number of benzene rings is 1. The molecule has 0 aromatic heterocycles. The first-order chi connectivity index (χ1) is 9.81. The molecule has 0 aliphatic carbocycles. The summed E-state index contributed by atoms with van der Waals surface area (Å²) in [6, 6.07) is 8.51. The minimum Gasteiger partial charge on any atom is -0.322 e. The van der Waals surface area contributed by atoms with Gasteiger partial charge >= 0.3 is 0 Å². The molecule has 1 N–H and O–H groups in total. The molecule has 1 saturated heterocycles. The minimum atomic E-state index is -0.0965. The normalized spacial score (nSPS) is 22.9. The summed E-state index contributed by atoms with van der Waals surface area (Å²) in [5.41, 5.74) is 2.75. The van der Waals surface area contributed by atoms with E-state index in [0.717, 1.165) is 19.4 Å². The van der Waals surface area contributed by atoms with Gasteiger partial charge in [0.15, 0.2) is 0 Å². The number of hydrogen-bond donors (Lipinski definition) is 1. The van der Waals surface area contributed by atoms with Gasteiger partial charge in [0.05, 0.1) is 6.04 Å². The molecular weight excluding hydrogens is 260 g/mol. The van der Waals surface area contributed by atoms with Crippen molar-refractivity contribution in [2.24, 2.45) is 5.41 Å². The first kappa shape index (κ1) is 16.0. The van der Waals surface area contributed by atoms with Crippen LogP contribution in [-0.2, 0) is 11.2 Å². The summed E-state index contributed by atoms with van der Waals surface area (Å²) in [5, 5.41) is 3.42. The van der Waals surface area contributed by atoms with Crippen LogP contribution < -0.4 is 5.32 Å². The number of hydrogen-bond acceptors (Lipinski definition) is 2. The van der Waals surface area contributed by atoms with E-state index in [1.807, 2.05) is 11.8 Å². The van der Waals surface area contributed by atoms with Crippen molar-refractivity contribution >= 4 is 5.91 Å². The van der Waals surface area contributed by atoms with Crippen LogP contribution in [-0.4, -0.2) is 23.4 Å². The lowest BCUT2D eigenvalue weighted by molar-refractivity contribution is -0.130. The van der Waals surface area contributed by atoms with Crippen LogP contribution in [0.15, 0.2) is 24.3 Å². The average molecular weight is 288 g/mol. The van der Waals surface area contributed by atoms with Crippen molar-refractivity contribution in [1.29, 1.82) is 0 Å². The number of rotatable bonds is 4. The van der Waals surface area contributed by atoms with Gasteiger partial charge in [0.2, 0.25) is 5.91 Å². The predicted octanol–water partition coefficient (Wildman–Crippen LogP) is 3.50. The molecule has 1 aliphatic heterocycles. The highest BCUT2D eigenvalue weighted by molar-refractivity contribution is 5.84. The number of carbonyl (C=O) groups is 1. The Bertz CT molecular complexity index is 487. The fraction of sp³-hybridized carbons (Fsp3) is 0.611. The van der Waals surface area contributed by atoms with Gasteiger partial charge in [0.1, 0.15) is 6.17 Å². The number of amides is 1. The van der Waals surface area contributed by atoms with Crippen molar-refractivity contribution in [3.05, 3.63) is 35.4 Å². The molecule has 1 aliphatic rings. The van der Waals surface area contributed by atoms with Gasteiger partial charge in [-0.15, -0.1) is 0 Å². The first-order valence-corrected chi connectivity index (χ1v) is 7.97. The summed E-state index contributed by atoms with van der Waals surface area (Å²) >= 11 is 0. The SMILES string of the molecule is CCc1ccc(C2NC(C)C(=O)N2CCC(C)(C)C)cc1. The molecule has 0 saturated carbocycles. The lowest BCUT2D eigenvalue weighted by Gasteiger charge is -2.28. The van der Waals surface area contributed by atoms with Crippen LogP contribution >= 0.6 is 0 Å². The van der Waals surface area contributed by atoms with Crippen molar-refractivity contribution < 1.29 is 4.79 Å². The van der Waals surface area contributed by atoms with Crippen molar-refractivity contribution in [3.63, 3.8) is 0 Å². The zero-order valence-electron chi connectivity index (χ0n) is 13.9. The number of aryl methyl sites for hydroxylation is 1. The van der Waals surface area contributed by atoms with Crippen LogP contribution in [0.4, 0.5) is 0 Å². The van der Waals surface area contributed by atoms with Crippen LogP contribution in [0.5, 0.6) is 0 Å². The van der Waals surface area contributed by atoms with E-state index in [9.17, 15) is 4.79 Å². The number of carbonyl (C=O) groups excluding carboxylic acids is 1. The molecular formula is C18H28N2O. The van der Waals surface area contributed by atoms with Crippen LogP contribution in [0.25, 0.3) is 0 Å². The molecule has 0 bridgehead atoms. The molecule has 2 unspecified atom stereocenters. The topological polar surface area (TPSA) is 32.3 Å². The van der Waals surface area contributed by atoms with E-state index >= 15 is 0 Å². The summed E-state index contributed by atoms with van der Waals surface area (Å²) in [7, 11) is 0. The number of nitrogens with one attached hydrogen (secondary N) is 1. The maximum Gasteiger partial charge on any atom is 0.241 e. The van der Waals surface area contributed by atoms with Crippen molar-refractivity contribution in [1.82, 2.24) is 10.2 Å². The highest BCUT2D eigenvalue weighted by Crippen LogP contribution is 2.28. The molecule has 1 aromatic rings. The molecule has 3 heteroatoms. The Balaban J connectivity index is 2.16. The van der Waals surface area contributed by atoms with E-state index in [1.54, 1.807) is 0 Å². The zero-order chi connectivity index (χ0) is 15.6. The third-order valence-electron chi connectivity index (χ3n) is 4.18. The van der Waals surface area contributed by atoms with Gasteiger partial charge in [-0.2, -0.15) is 0 Å². The average Bonchev–Trinajstić information content (AvgIpc) is 2.72. The van der Waals surface area contributed by atoms with Crippen LogP contribution in [0.2, 0.25) is 0 Å². The quantitative estimate of drug-likeness (QED) is 0.919. The van der Waals surface area contributed by atoms with Gasteiger partial charge in [-0.3, -0.25) is 10.1 Å². The highest BCUT2D eigenvalue weighted by atomic mass is 16.2. The van der Waals surface area contributed by atoms with Crippen LogP contribution in [0, 0.1) is 5.41 Å². The standard InChI is InChI=1S/C18H28N2O/c1-6-14-7-9-15(10-8-14)16-19-13(2)17(21)20(16)12-11-18(3,4)5/h7-10,13,16,19H,6,11-12H2,1-5H3. The van der Waals surface area contributed by atoms with E-state index in [2.05, 4.69) is 57.3 Å². The third kappa shape index (κ3) is 3.85. The molecule has 1 fully saturated rings. The second kappa shape index (κ2) is 6.18. The Morgan fingerprint density at radius 3 is 2.33 bits per heavy atom. The molecule has 0 spiro atoms. The Labute approximate surface area is 128 Å². The van der Waals surface area contributed by atoms with E-state index < -0.39 is 0 Å². The van der Waals surface area contributed by atoms with Gasteiger partial charge < -0.3 is 4.90 Å². The maximum atomic E-state index is 12.4. The summed E-state index contributed by atoms with van der Waals surface area (Å²) in [5.74, 6) is 0.212. The van der Waals surface area contributed by atoms with Crippen molar-refractivity contribution in [2.45, 2.75) is 59.7 Å². The van der Waals surface area contributed by atoms with Gasteiger partial charge in [0, 0.05) is 6.54 Å². The van der Waals surface area contributed by atoms with Crippen LogP contribution in [0.3, 0.4) is 0 Å². The monoisotopic (exact) mass is 288 g/mol. The Morgan fingerprint density at radius 2 is 1.81 bits per heavy atom. The smallest absolute Gasteiger partial charge is 0.241 e. The van der Waals surface area contributed by atoms with E-state index in [0.29, 0.717) is 0 Å². The summed E-state index contributed by atoms with van der Waals surface area (Å²) in [4.78, 5) is 14.4. The fourth-order valence-corrected chi connectivity index (χ4v) is 2.68. The molecule has 0 radical (unpaired) electrons.